The fraction of sp³-hybridized carbons (Fsp3) is 0.0833. The van der Waals surface area contributed by atoms with Gasteiger partial charge in [0.15, 0.2) is 16.9 Å². The average molecular weight is 304 g/mol. The molecule has 0 saturated heterocycles. The number of rotatable bonds is 3. The molecule has 0 aromatic carbocycles. The van der Waals surface area contributed by atoms with Crippen molar-refractivity contribution in [2.45, 2.75) is 6.42 Å². The molecule has 106 valence electrons. The molecule has 0 amide bonds. The summed E-state index contributed by atoms with van der Waals surface area (Å²) in [7, 11) is 0. The molecule has 0 aliphatic rings. The predicted octanol–water partition coefficient (Wildman–Crippen LogP) is -0.213. The third-order valence-electron chi connectivity index (χ3n) is 2.79. The van der Waals surface area contributed by atoms with Crippen LogP contribution >= 0.6 is 11.3 Å². The van der Waals surface area contributed by atoms with Gasteiger partial charge in [0.25, 0.3) is 11.1 Å². The lowest BCUT2D eigenvalue weighted by Gasteiger charge is -2.00. The van der Waals surface area contributed by atoms with Crippen LogP contribution in [0.2, 0.25) is 0 Å². The molecule has 0 aliphatic heterocycles. The van der Waals surface area contributed by atoms with Crippen molar-refractivity contribution in [3.05, 3.63) is 59.3 Å². The second-order valence-corrected chi connectivity index (χ2v) is 5.17. The molecule has 8 nitrogen and oxygen atoms in total. The lowest BCUT2D eigenvalue weighted by Crippen LogP contribution is -2.28. The summed E-state index contributed by atoms with van der Waals surface area (Å²) in [5.41, 5.74) is -2.35. The van der Waals surface area contributed by atoms with Gasteiger partial charge in [-0.25, -0.2) is 9.78 Å². The normalized spacial score (nSPS) is 10.9. The molecule has 3 N–H and O–H groups in total. The molecule has 0 radical (unpaired) electrons. The lowest BCUT2D eigenvalue weighted by molar-refractivity contribution is 0.0995. The number of H-pyrrole nitrogens is 3. The number of thiophene rings is 1. The molecule has 0 atom stereocenters. The van der Waals surface area contributed by atoms with Crippen LogP contribution in [0.5, 0.6) is 0 Å². The van der Waals surface area contributed by atoms with Crippen LogP contribution in [0, 0.1) is 0 Å². The van der Waals surface area contributed by atoms with Gasteiger partial charge in [-0.2, -0.15) is 0 Å². The number of ketones is 1. The average Bonchev–Trinajstić information content (AvgIpc) is 2.94. The van der Waals surface area contributed by atoms with Crippen LogP contribution < -0.4 is 16.8 Å². The summed E-state index contributed by atoms with van der Waals surface area (Å²) >= 11 is 1.26. The lowest BCUT2D eigenvalue weighted by atomic mass is 10.2. The van der Waals surface area contributed by atoms with Crippen molar-refractivity contribution in [3.63, 3.8) is 0 Å². The van der Waals surface area contributed by atoms with Gasteiger partial charge >= 0.3 is 5.69 Å². The summed E-state index contributed by atoms with van der Waals surface area (Å²) in [6.45, 7) is 0. The third-order valence-corrected chi connectivity index (χ3v) is 3.71. The Morgan fingerprint density at radius 1 is 1.14 bits per heavy atom. The number of hydrogen-bond acceptors (Lipinski definition) is 6. The van der Waals surface area contributed by atoms with Crippen LogP contribution in [0.3, 0.4) is 0 Å². The van der Waals surface area contributed by atoms with Gasteiger partial charge in [0.2, 0.25) is 0 Å². The van der Waals surface area contributed by atoms with E-state index in [4.69, 9.17) is 0 Å². The van der Waals surface area contributed by atoms with E-state index in [2.05, 4.69) is 15.0 Å². The molecular formula is C12H8N4O4S. The highest BCUT2D eigenvalue weighted by Crippen LogP contribution is 2.11. The molecule has 0 spiro atoms. The van der Waals surface area contributed by atoms with Crippen LogP contribution in [0.15, 0.2) is 31.9 Å². The summed E-state index contributed by atoms with van der Waals surface area (Å²) in [6, 6.07) is 3.38. The number of nitrogens with one attached hydrogen (secondary N) is 3. The predicted molar refractivity (Wildman–Crippen MR) is 76.0 cm³/mol. The fourth-order valence-corrected chi connectivity index (χ4v) is 2.51. The summed E-state index contributed by atoms with van der Waals surface area (Å²) < 4.78 is 0. The molecule has 3 heterocycles. The number of aromatic nitrogens is 4. The Morgan fingerprint density at radius 2 is 1.95 bits per heavy atom. The molecule has 0 unspecified atom stereocenters. The van der Waals surface area contributed by atoms with Crippen molar-refractivity contribution >= 4 is 28.3 Å². The van der Waals surface area contributed by atoms with E-state index in [0.29, 0.717) is 4.88 Å². The van der Waals surface area contributed by atoms with Gasteiger partial charge in [-0.15, -0.1) is 11.3 Å². The molecule has 0 aliphatic carbocycles. The summed E-state index contributed by atoms with van der Waals surface area (Å²) in [6.07, 6.45) is -0.208. The second-order valence-electron chi connectivity index (χ2n) is 4.22. The van der Waals surface area contributed by atoms with Crippen molar-refractivity contribution in [1.29, 1.82) is 0 Å². The van der Waals surface area contributed by atoms with Gasteiger partial charge in [-0.05, 0) is 11.4 Å². The number of Topliss-reactive ketones (excluding diaryl/α,β-unsaturated/α-hetero) is 1. The van der Waals surface area contributed by atoms with Crippen LogP contribution in [-0.2, 0) is 6.42 Å². The first-order valence-electron chi connectivity index (χ1n) is 5.87. The fourth-order valence-electron chi connectivity index (χ4n) is 1.84. The Hall–Kier alpha value is -2.81. The Bertz CT molecular complexity index is 997. The van der Waals surface area contributed by atoms with Crippen LogP contribution in [0.1, 0.15) is 15.4 Å². The number of hydrogen-bond donors (Lipinski definition) is 3. The number of carbonyl (C=O) groups is 1. The summed E-state index contributed by atoms with van der Waals surface area (Å²) in [5, 5.41) is 1.75. The molecule has 3 aromatic heterocycles. The van der Waals surface area contributed by atoms with Gasteiger partial charge in [0, 0.05) is 0 Å². The molecule has 0 saturated carbocycles. The highest BCUT2D eigenvalue weighted by Gasteiger charge is 2.14. The zero-order chi connectivity index (χ0) is 15.0. The van der Waals surface area contributed by atoms with Crippen LogP contribution in [0.25, 0.3) is 11.2 Å². The van der Waals surface area contributed by atoms with Crippen LogP contribution in [-0.4, -0.2) is 25.7 Å². The molecule has 0 bridgehead atoms. The number of carbonyl (C=O) groups excluding carboxylic acids is 1. The zero-order valence-corrected chi connectivity index (χ0v) is 11.2. The van der Waals surface area contributed by atoms with E-state index >= 15 is 0 Å². The Kier molecular flexibility index (Phi) is 3.10. The Labute approximate surface area is 119 Å². The van der Waals surface area contributed by atoms with Gasteiger partial charge in [-0.1, -0.05) is 6.07 Å². The van der Waals surface area contributed by atoms with Gasteiger partial charge < -0.3 is 4.98 Å². The SMILES string of the molecule is O=C(Cc1nc2[nH]c(=O)[nH]c(=O)c2[nH]c1=O)c1cccs1. The van der Waals surface area contributed by atoms with Crippen molar-refractivity contribution in [2.75, 3.05) is 0 Å². The smallest absolute Gasteiger partial charge is 0.313 e. The topological polar surface area (TPSA) is 129 Å². The number of aromatic amines is 3. The van der Waals surface area contributed by atoms with E-state index < -0.39 is 16.8 Å². The molecule has 9 heteroatoms. The molecular weight excluding hydrogens is 296 g/mol. The quantitative estimate of drug-likeness (QED) is 0.576. The third kappa shape index (κ3) is 2.46. The van der Waals surface area contributed by atoms with Crippen molar-refractivity contribution in [2.24, 2.45) is 0 Å². The molecule has 21 heavy (non-hydrogen) atoms. The van der Waals surface area contributed by atoms with E-state index in [1.165, 1.54) is 11.3 Å². The maximum atomic E-state index is 12.0. The Morgan fingerprint density at radius 3 is 2.67 bits per heavy atom. The number of nitrogens with zero attached hydrogens (tertiary/aromatic N) is 1. The Balaban J connectivity index is 2.09. The van der Waals surface area contributed by atoms with E-state index in [1.807, 2.05) is 4.98 Å². The highest BCUT2D eigenvalue weighted by atomic mass is 32.1. The van der Waals surface area contributed by atoms with Crippen LogP contribution in [0.4, 0.5) is 0 Å². The van der Waals surface area contributed by atoms with Gasteiger partial charge in [0.05, 0.1) is 11.3 Å². The van der Waals surface area contributed by atoms with Gasteiger partial charge in [0.1, 0.15) is 5.69 Å². The monoisotopic (exact) mass is 304 g/mol. The zero-order valence-electron chi connectivity index (χ0n) is 10.4. The largest absolute Gasteiger partial charge is 0.327 e. The first-order valence-corrected chi connectivity index (χ1v) is 6.75. The molecule has 3 aromatic rings. The van der Waals surface area contributed by atoms with E-state index in [-0.39, 0.29) is 29.1 Å². The molecule has 3 rings (SSSR count). The number of fused-ring (bicyclic) bond motifs is 1. The summed E-state index contributed by atoms with van der Waals surface area (Å²) in [4.78, 5) is 57.6. The second kappa shape index (κ2) is 4.94. The standard InChI is InChI=1S/C12H8N4O4S/c17-6(7-2-1-3-21-7)4-5-10(18)14-8-9(13-5)15-12(20)16-11(8)19/h1-3H,4H2,(H,14,18)(H2,13,15,16,19,20). The van der Waals surface area contributed by atoms with E-state index in [1.54, 1.807) is 17.5 Å². The maximum Gasteiger partial charge on any atom is 0.327 e. The first kappa shape index (κ1) is 13.2. The van der Waals surface area contributed by atoms with Crippen molar-refractivity contribution in [3.8, 4) is 0 Å². The summed E-state index contributed by atoms with van der Waals surface area (Å²) in [5.74, 6) is -0.255. The minimum atomic E-state index is -0.741. The minimum absolute atomic E-state index is 0.0536. The van der Waals surface area contributed by atoms with E-state index in [9.17, 15) is 19.2 Å². The van der Waals surface area contributed by atoms with Crippen molar-refractivity contribution < 1.29 is 4.79 Å². The first-order chi connectivity index (χ1) is 10.0. The van der Waals surface area contributed by atoms with Gasteiger partial charge in [-0.3, -0.25) is 24.4 Å². The van der Waals surface area contributed by atoms with E-state index in [0.717, 1.165) is 0 Å². The van der Waals surface area contributed by atoms with Crippen molar-refractivity contribution in [1.82, 2.24) is 19.9 Å². The minimum Gasteiger partial charge on any atom is -0.313 e. The highest BCUT2D eigenvalue weighted by molar-refractivity contribution is 7.12. The maximum absolute atomic E-state index is 12.0. The molecule has 0 fully saturated rings.